The average molecular weight is 351 g/mol. The van der Waals surface area contributed by atoms with E-state index < -0.39 is 0 Å². The van der Waals surface area contributed by atoms with Crippen LogP contribution in [-0.4, -0.2) is 24.4 Å². The van der Waals surface area contributed by atoms with E-state index in [1.165, 1.54) is 0 Å². The summed E-state index contributed by atoms with van der Waals surface area (Å²) in [4.78, 5) is 0. The molecule has 24 heavy (non-hydrogen) atoms. The summed E-state index contributed by atoms with van der Waals surface area (Å²) in [5, 5.41) is 12.6. The Labute approximate surface area is 150 Å². The zero-order chi connectivity index (χ0) is 16.5. The van der Waals surface area contributed by atoms with Crippen molar-refractivity contribution in [1.29, 1.82) is 0 Å². The van der Waals surface area contributed by atoms with E-state index in [0.29, 0.717) is 26.3 Å². The summed E-state index contributed by atoms with van der Waals surface area (Å²) in [6.07, 6.45) is -0.376. The van der Waals surface area contributed by atoms with Gasteiger partial charge < -0.3 is 32.3 Å². The standard InChI is InChI=1S/C19H25NO3.ClH/c1-3-22-18-11-7-10-17(13-20-12-15(2)21)19(18)23-14-16-8-5-4-6-9-16;/h4-11,15,20-21H,3,12-14H2,1-2H3;1H/p-1. The van der Waals surface area contributed by atoms with Gasteiger partial charge in [-0.25, -0.2) is 0 Å². The van der Waals surface area contributed by atoms with E-state index in [4.69, 9.17) is 9.47 Å². The van der Waals surface area contributed by atoms with Crippen molar-refractivity contribution in [2.24, 2.45) is 0 Å². The number of aliphatic hydroxyl groups excluding tert-OH is 1. The van der Waals surface area contributed by atoms with Crippen molar-refractivity contribution in [3.63, 3.8) is 0 Å². The first-order chi connectivity index (χ1) is 11.2. The smallest absolute Gasteiger partial charge is 0.166 e. The molecule has 0 radical (unpaired) electrons. The second-order valence-corrected chi connectivity index (χ2v) is 5.43. The SMILES string of the molecule is CCOc1cccc(CNCC(C)O)c1OCc1ccccc1.[Cl-]. The lowest BCUT2D eigenvalue weighted by Gasteiger charge is -2.17. The first-order valence-corrected chi connectivity index (χ1v) is 8.01. The van der Waals surface area contributed by atoms with Crippen LogP contribution in [0.1, 0.15) is 25.0 Å². The molecule has 2 rings (SSSR count). The van der Waals surface area contributed by atoms with Crippen LogP contribution in [0.4, 0.5) is 0 Å². The molecule has 0 aliphatic heterocycles. The van der Waals surface area contributed by atoms with Crippen molar-refractivity contribution in [3.8, 4) is 11.5 Å². The molecule has 0 aromatic heterocycles. The lowest BCUT2D eigenvalue weighted by atomic mass is 10.1. The minimum Gasteiger partial charge on any atom is -1.00 e. The third-order valence-electron chi connectivity index (χ3n) is 3.34. The monoisotopic (exact) mass is 350 g/mol. The van der Waals surface area contributed by atoms with E-state index >= 15 is 0 Å². The van der Waals surface area contributed by atoms with Gasteiger partial charge in [-0.3, -0.25) is 0 Å². The van der Waals surface area contributed by atoms with Gasteiger partial charge in [0.05, 0.1) is 12.7 Å². The molecule has 2 N–H and O–H groups in total. The molecule has 1 atom stereocenters. The topological polar surface area (TPSA) is 50.7 Å². The minimum atomic E-state index is -0.376. The first kappa shape index (κ1) is 20.3. The van der Waals surface area contributed by atoms with Crippen molar-refractivity contribution >= 4 is 0 Å². The first-order valence-electron chi connectivity index (χ1n) is 8.01. The summed E-state index contributed by atoms with van der Waals surface area (Å²) in [7, 11) is 0. The van der Waals surface area contributed by atoms with E-state index in [2.05, 4.69) is 5.32 Å². The number of rotatable bonds is 9. The zero-order valence-electron chi connectivity index (χ0n) is 14.2. The van der Waals surface area contributed by atoms with Crippen LogP contribution in [0.3, 0.4) is 0 Å². The Morgan fingerprint density at radius 1 is 1.04 bits per heavy atom. The van der Waals surface area contributed by atoms with Crippen molar-refractivity contribution in [2.45, 2.75) is 33.1 Å². The number of nitrogens with one attached hydrogen (secondary N) is 1. The van der Waals surface area contributed by atoms with Crippen molar-refractivity contribution in [1.82, 2.24) is 5.32 Å². The van der Waals surface area contributed by atoms with Crippen LogP contribution in [-0.2, 0) is 13.2 Å². The quantitative estimate of drug-likeness (QED) is 0.675. The van der Waals surface area contributed by atoms with E-state index in [0.717, 1.165) is 22.6 Å². The van der Waals surface area contributed by atoms with Gasteiger partial charge in [-0.2, -0.15) is 0 Å². The van der Waals surface area contributed by atoms with Crippen LogP contribution < -0.4 is 27.2 Å². The maximum atomic E-state index is 9.37. The molecule has 0 bridgehead atoms. The van der Waals surface area contributed by atoms with E-state index in [1.807, 2.05) is 55.5 Å². The molecule has 0 spiro atoms. The highest BCUT2D eigenvalue weighted by Crippen LogP contribution is 2.32. The summed E-state index contributed by atoms with van der Waals surface area (Å²) in [6.45, 7) is 5.96. The molecule has 2 aromatic carbocycles. The molecule has 0 saturated carbocycles. The summed E-state index contributed by atoms with van der Waals surface area (Å²) in [5.74, 6) is 1.51. The Morgan fingerprint density at radius 3 is 2.46 bits per heavy atom. The predicted molar refractivity (Wildman–Crippen MR) is 91.8 cm³/mol. The van der Waals surface area contributed by atoms with Gasteiger partial charge in [0.1, 0.15) is 6.61 Å². The van der Waals surface area contributed by atoms with Gasteiger partial charge in [0.15, 0.2) is 11.5 Å². The molecule has 5 heteroatoms. The molecular formula is C19H25ClNO3-. The molecule has 2 aromatic rings. The Morgan fingerprint density at radius 2 is 1.79 bits per heavy atom. The van der Waals surface area contributed by atoms with E-state index in [9.17, 15) is 5.11 Å². The van der Waals surface area contributed by atoms with E-state index in [-0.39, 0.29) is 18.5 Å². The van der Waals surface area contributed by atoms with Gasteiger partial charge in [-0.05, 0) is 25.5 Å². The number of aliphatic hydroxyl groups is 1. The second kappa shape index (κ2) is 10.9. The second-order valence-electron chi connectivity index (χ2n) is 5.43. The molecule has 0 fully saturated rings. The highest BCUT2D eigenvalue weighted by molar-refractivity contribution is 5.46. The van der Waals surface area contributed by atoms with Gasteiger partial charge in [0.2, 0.25) is 0 Å². The van der Waals surface area contributed by atoms with Crippen LogP contribution in [0.2, 0.25) is 0 Å². The normalized spacial score (nSPS) is 11.5. The maximum absolute atomic E-state index is 9.37. The molecule has 0 aliphatic carbocycles. The number of halogens is 1. The average Bonchev–Trinajstić information content (AvgIpc) is 2.55. The molecule has 132 valence electrons. The molecule has 1 unspecified atom stereocenters. The summed E-state index contributed by atoms with van der Waals surface area (Å²) in [5.41, 5.74) is 2.13. The fraction of sp³-hybridized carbons (Fsp3) is 0.368. The number of benzene rings is 2. The third kappa shape index (κ3) is 6.40. The maximum Gasteiger partial charge on any atom is 0.166 e. The summed E-state index contributed by atoms with van der Waals surface area (Å²) in [6, 6.07) is 15.9. The number of para-hydroxylation sites is 1. The van der Waals surface area contributed by atoms with Crippen molar-refractivity contribution in [2.75, 3.05) is 13.2 Å². The molecule has 0 aliphatic rings. The Bertz CT molecular complexity index is 590. The number of hydrogen-bond donors (Lipinski definition) is 2. The van der Waals surface area contributed by atoms with Crippen LogP contribution in [0.5, 0.6) is 11.5 Å². The minimum absolute atomic E-state index is 0. The largest absolute Gasteiger partial charge is 1.00 e. The fourth-order valence-electron chi connectivity index (χ4n) is 2.28. The third-order valence-corrected chi connectivity index (χ3v) is 3.34. The van der Waals surface area contributed by atoms with Crippen molar-refractivity contribution in [3.05, 3.63) is 59.7 Å². The summed E-state index contributed by atoms with van der Waals surface area (Å²) >= 11 is 0. The number of ether oxygens (including phenoxy) is 2. The molecule has 0 amide bonds. The van der Waals surface area contributed by atoms with Crippen molar-refractivity contribution < 1.29 is 27.0 Å². The Balaban J connectivity index is 0.00000288. The number of hydrogen-bond acceptors (Lipinski definition) is 4. The van der Waals surface area contributed by atoms with Gasteiger partial charge >= 0.3 is 0 Å². The highest BCUT2D eigenvalue weighted by atomic mass is 35.5. The highest BCUT2D eigenvalue weighted by Gasteiger charge is 2.11. The zero-order valence-corrected chi connectivity index (χ0v) is 14.9. The molecule has 0 heterocycles. The molecular weight excluding hydrogens is 326 g/mol. The predicted octanol–water partition coefficient (Wildman–Crippen LogP) is 0.139. The van der Waals surface area contributed by atoms with Crippen LogP contribution in [0.25, 0.3) is 0 Å². The molecule has 4 nitrogen and oxygen atoms in total. The van der Waals surface area contributed by atoms with Crippen LogP contribution in [0, 0.1) is 0 Å². The molecule has 0 saturated heterocycles. The summed E-state index contributed by atoms with van der Waals surface area (Å²) < 4.78 is 11.7. The fourth-order valence-corrected chi connectivity index (χ4v) is 2.28. The van der Waals surface area contributed by atoms with Gasteiger partial charge in [-0.15, -0.1) is 0 Å². The van der Waals surface area contributed by atoms with E-state index in [1.54, 1.807) is 6.92 Å². The van der Waals surface area contributed by atoms with Crippen LogP contribution in [0.15, 0.2) is 48.5 Å². The van der Waals surface area contributed by atoms with Gasteiger partial charge in [0.25, 0.3) is 0 Å². The van der Waals surface area contributed by atoms with Gasteiger partial charge in [0, 0.05) is 18.7 Å². The Kier molecular flexibility index (Phi) is 9.23. The van der Waals surface area contributed by atoms with Crippen LogP contribution >= 0.6 is 0 Å². The Hall–Kier alpha value is -1.75. The van der Waals surface area contributed by atoms with Gasteiger partial charge in [-0.1, -0.05) is 42.5 Å². The lowest BCUT2D eigenvalue weighted by Crippen LogP contribution is -3.00. The lowest BCUT2D eigenvalue weighted by molar-refractivity contribution is -0.00000770.